The quantitative estimate of drug-likeness (QED) is 0.928. The number of hydrogen-bond donors (Lipinski definition) is 1. The Kier molecular flexibility index (Phi) is 4.88. The minimum Gasteiger partial charge on any atom is -0.326 e. The van der Waals surface area contributed by atoms with Crippen molar-refractivity contribution in [3.05, 3.63) is 29.8 Å². The number of alkyl halides is 3. The van der Waals surface area contributed by atoms with Gasteiger partial charge in [-0.3, -0.25) is 4.79 Å². The lowest BCUT2D eigenvalue weighted by Crippen LogP contribution is -2.31. The molecule has 3 nitrogen and oxygen atoms in total. The van der Waals surface area contributed by atoms with Crippen molar-refractivity contribution >= 4 is 11.6 Å². The molecule has 0 radical (unpaired) electrons. The molecule has 0 atom stereocenters. The van der Waals surface area contributed by atoms with E-state index in [0.29, 0.717) is 12.3 Å². The molecule has 1 heterocycles. The average molecular weight is 300 g/mol. The second-order valence-electron chi connectivity index (χ2n) is 5.58. The second kappa shape index (κ2) is 6.47. The van der Waals surface area contributed by atoms with Gasteiger partial charge in [-0.2, -0.15) is 13.2 Å². The van der Waals surface area contributed by atoms with Gasteiger partial charge in [0.1, 0.15) is 0 Å². The molecule has 0 aromatic heterocycles. The zero-order valence-electron chi connectivity index (χ0n) is 11.9. The molecule has 1 saturated heterocycles. The lowest BCUT2D eigenvalue weighted by molar-refractivity contribution is -0.137. The van der Waals surface area contributed by atoms with Crippen LogP contribution < -0.4 is 5.32 Å². The summed E-state index contributed by atoms with van der Waals surface area (Å²) in [6.07, 6.45) is -2.13. The molecule has 1 aliphatic rings. The van der Waals surface area contributed by atoms with Crippen LogP contribution in [-0.4, -0.2) is 30.9 Å². The number of piperidine rings is 1. The van der Waals surface area contributed by atoms with Crippen molar-refractivity contribution in [3.63, 3.8) is 0 Å². The summed E-state index contributed by atoms with van der Waals surface area (Å²) in [6, 6.07) is 4.73. The monoisotopic (exact) mass is 300 g/mol. The van der Waals surface area contributed by atoms with Gasteiger partial charge in [0, 0.05) is 12.1 Å². The topological polar surface area (TPSA) is 32.3 Å². The predicted molar refractivity (Wildman–Crippen MR) is 74.9 cm³/mol. The Labute approximate surface area is 122 Å². The molecule has 116 valence electrons. The number of halogens is 3. The highest BCUT2D eigenvalue weighted by Crippen LogP contribution is 2.30. The van der Waals surface area contributed by atoms with Crippen LogP contribution in [0.3, 0.4) is 0 Å². The van der Waals surface area contributed by atoms with Gasteiger partial charge in [0.25, 0.3) is 0 Å². The SMILES string of the molecule is CN1CCC(CC(=O)Nc2cccc(C(F)(F)F)c2)CC1. The Bertz CT molecular complexity index is 494. The predicted octanol–water partition coefficient (Wildman–Crippen LogP) is 3.38. The maximum Gasteiger partial charge on any atom is 0.416 e. The molecule has 6 heteroatoms. The Morgan fingerprint density at radius 3 is 2.62 bits per heavy atom. The average Bonchev–Trinajstić information content (AvgIpc) is 2.41. The number of benzene rings is 1. The third-order valence-corrected chi connectivity index (χ3v) is 3.79. The third kappa shape index (κ3) is 4.74. The van der Waals surface area contributed by atoms with E-state index in [0.717, 1.165) is 38.1 Å². The van der Waals surface area contributed by atoms with Crippen molar-refractivity contribution in [1.82, 2.24) is 4.90 Å². The van der Waals surface area contributed by atoms with E-state index in [1.54, 1.807) is 0 Å². The molecular formula is C15H19F3N2O. The third-order valence-electron chi connectivity index (χ3n) is 3.79. The summed E-state index contributed by atoms with van der Waals surface area (Å²) in [5.74, 6) is 0.0934. The van der Waals surface area contributed by atoms with Crippen molar-refractivity contribution in [2.24, 2.45) is 5.92 Å². The first kappa shape index (κ1) is 15.8. The molecular weight excluding hydrogens is 281 g/mol. The van der Waals surface area contributed by atoms with Gasteiger partial charge >= 0.3 is 6.18 Å². The zero-order valence-corrected chi connectivity index (χ0v) is 11.9. The van der Waals surface area contributed by atoms with Gasteiger partial charge in [0.15, 0.2) is 0 Å². The van der Waals surface area contributed by atoms with E-state index in [-0.39, 0.29) is 11.6 Å². The minimum absolute atomic E-state index is 0.197. The molecule has 21 heavy (non-hydrogen) atoms. The van der Waals surface area contributed by atoms with Gasteiger partial charge in [0.2, 0.25) is 5.91 Å². The number of anilines is 1. The van der Waals surface area contributed by atoms with Gasteiger partial charge in [-0.1, -0.05) is 6.07 Å². The summed E-state index contributed by atoms with van der Waals surface area (Å²) < 4.78 is 37.8. The molecule has 0 bridgehead atoms. The lowest BCUT2D eigenvalue weighted by atomic mass is 9.93. The van der Waals surface area contributed by atoms with E-state index in [4.69, 9.17) is 0 Å². The molecule has 0 aliphatic carbocycles. The molecule has 2 rings (SSSR count). The highest BCUT2D eigenvalue weighted by molar-refractivity contribution is 5.90. The number of amides is 1. The molecule has 0 unspecified atom stereocenters. The number of hydrogen-bond acceptors (Lipinski definition) is 2. The Morgan fingerprint density at radius 2 is 2.00 bits per heavy atom. The summed E-state index contributed by atoms with van der Waals surface area (Å²) >= 11 is 0. The maximum absolute atomic E-state index is 12.6. The summed E-state index contributed by atoms with van der Waals surface area (Å²) in [4.78, 5) is 14.1. The maximum atomic E-state index is 12.6. The van der Waals surface area contributed by atoms with Gasteiger partial charge in [0.05, 0.1) is 5.56 Å². The van der Waals surface area contributed by atoms with E-state index in [9.17, 15) is 18.0 Å². The molecule has 0 saturated carbocycles. The Hall–Kier alpha value is -1.56. The molecule has 1 N–H and O–H groups in total. The van der Waals surface area contributed by atoms with Crippen molar-refractivity contribution in [2.75, 3.05) is 25.5 Å². The molecule has 1 amide bonds. The number of nitrogens with one attached hydrogen (secondary N) is 1. The smallest absolute Gasteiger partial charge is 0.326 e. The first-order valence-electron chi connectivity index (χ1n) is 7.00. The molecule has 0 spiro atoms. The molecule has 1 aromatic rings. The van der Waals surface area contributed by atoms with Crippen molar-refractivity contribution < 1.29 is 18.0 Å². The van der Waals surface area contributed by atoms with E-state index < -0.39 is 11.7 Å². The van der Waals surface area contributed by atoms with Crippen LogP contribution in [-0.2, 0) is 11.0 Å². The largest absolute Gasteiger partial charge is 0.416 e. The highest BCUT2D eigenvalue weighted by Gasteiger charge is 2.30. The van der Waals surface area contributed by atoms with Gasteiger partial charge in [-0.15, -0.1) is 0 Å². The second-order valence-corrected chi connectivity index (χ2v) is 5.58. The summed E-state index contributed by atoms with van der Waals surface area (Å²) in [7, 11) is 2.04. The number of rotatable bonds is 3. The Balaban J connectivity index is 1.91. The summed E-state index contributed by atoms with van der Waals surface area (Å²) in [6.45, 7) is 1.92. The van der Waals surface area contributed by atoms with E-state index in [1.165, 1.54) is 12.1 Å². The van der Waals surface area contributed by atoms with Gasteiger partial charge in [-0.05, 0) is 57.1 Å². The van der Waals surface area contributed by atoms with E-state index in [1.807, 2.05) is 7.05 Å². The first-order valence-corrected chi connectivity index (χ1v) is 7.00. The van der Waals surface area contributed by atoms with E-state index >= 15 is 0 Å². The fraction of sp³-hybridized carbons (Fsp3) is 0.533. The standard InChI is InChI=1S/C15H19F3N2O/c1-20-7-5-11(6-8-20)9-14(21)19-13-4-2-3-12(10-13)15(16,17)18/h2-4,10-11H,5-9H2,1H3,(H,19,21). The highest BCUT2D eigenvalue weighted by atomic mass is 19.4. The number of likely N-dealkylation sites (tertiary alicyclic amines) is 1. The Morgan fingerprint density at radius 1 is 1.33 bits per heavy atom. The molecule has 1 fully saturated rings. The summed E-state index contributed by atoms with van der Waals surface area (Å²) in [5, 5.41) is 2.56. The summed E-state index contributed by atoms with van der Waals surface area (Å²) in [5.41, 5.74) is -0.553. The number of carbonyl (C=O) groups excluding carboxylic acids is 1. The van der Waals surface area contributed by atoms with Crippen LogP contribution in [0, 0.1) is 5.92 Å². The number of carbonyl (C=O) groups is 1. The van der Waals surface area contributed by atoms with Crippen LogP contribution in [0.5, 0.6) is 0 Å². The lowest BCUT2D eigenvalue weighted by Gasteiger charge is -2.28. The van der Waals surface area contributed by atoms with Crippen molar-refractivity contribution in [2.45, 2.75) is 25.4 Å². The van der Waals surface area contributed by atoms with Crippen LogP contribution in [0.4, 0.5) is 18.9 Å². The van der Waals surface area contributed by atoms with Crippen LogP contribution in [0.2, 0.25) is 0 Å². The van der Waals surface area contributed by atoms with Gasteiger partial charge < -0.3 is 10.2 Å². The van der Waals surface area contributed by atoms with Crippen LogP contribution in [0.25, 0.3) is 0 Å². The zero-order chi connectivity index (χ0) is 15.5. The van der Waals surface area contributed by atoms with Gasteiger partial charge in [-0.25, -0.2) is 0 Å². The van der Waals surface area contributed by atoms with Crippen LogP contribution >= 0.6 is 0 Å². The van der Waals surface area contributed by atoms with Crippen molar-refractivity contribution in [1.29, 1.82) is 0 Å². The van der Waals surface area contributed by atoms with Crippen molar-refractivity contribution in [3.8, 4) is 0 Å². The number of nitrogens with zero attached hydrogens (tertiary/aromatic N) is 1. The first-order chi connectivity index (χ1) is 9.84. The fourth-order valence-electron chi connectivity index (χ4n) is 2.51. The molecule has 1 aromatic carbocycles. The fourth-order valence-corrected chi connectivity index (χ4v) is 2.51. The molecule has 1 aliphatic heterocycles. The van der Waals surface area contributed by atoms with Crippen LogP contribution in [0.1, 0.15) is 24.8 Å². The van der Waals surface area contributed by atoms with Crippen LogP contribution in [0.15, 0.2) is 24.3 Å². The minimum atomic E-state index is -4.39. The van der Waals surface area contributed by atoms with E-state index in [2.05, 4.69) is 10.2 Å². The normalized spacial score (nSPS) is 17.7.